The molecule has 166 valence electrons. The van der Waals surface area contributed by atoms with Crippen molar-refractivity contribution in [2.75, 3.05) is 6.61 Å². The van der Waals surface area contributed by atoms with E-state index in [1.54, 1.807) is 0 Å². The summed E-state index contributed by atoms with van der Waals surface area (Å²) in [5.41, 5.74) is 4.47. The number of carbonyl (C=O) groups is 1. The predicted molar refractivity (Wildman–Crippen MR) is 131 cm³/mol. The van der Waals surface area contributed by atoms with Gasteiger partial charge in [-0.25, -0.2) is 4.98 Å². The first-order valence-electron chi connectivity index (χ1n) is 11.0. The van der Waals surface area contributed by atoms with Gasteiger partial charge in [0, 0.05) is 6.54 Å². The van der Waals surface area contributed by atoms with Gasteiger partial charge in [0.1, 0.15) is 11.6 Å². The Hall–Kier alpha value is -3.12. The van der Waals surface area contributed by atoms with Crippen molar-refractivity contribution in [2.45, 2.75) is 46.2 Å². The normalized spacial score (nSPS) is 12.1. The maximum Gasteiger partial charge on any atom is 0.261 e. The SMILES string of the molecule is Cc1cc(C)cc(OCCCCn2c(C(C)NC(=O)c3cccs3)nc3ccccc32)c1. The second-order valence-corrected chi connectivity index (χ2v) is 9.11. The molecular formula is C26H29N3O2S. The smallest absolute Gasteiger partial charge is 0.261 e. The predicted octanol–water partition coefficient (Wildman–Crippen LogP) is 6.06. The standard InChI is InChI=1S/C26H29N3O2S/c1-18-15-19(2)17-21(16-18)31-13-7-6-12-29-23-10-5-4-9-22(23)28-25(29)20(3)27-26(30)24-11-8-14-32-24/h4-5,8-11,14-17,20H,6-7,12-13H2,1-3H3,(H,27,30). The number of hydrogen-bond donors (Lipinski definition) is 1. The van der Waals surface area contributed by atoms with Gasteiger partial charge >= 0.3 is 0 Å². The topological polar surface area (TPSA) is 56.1 Å². The van der Waals surface area contributed by atoms with Crippen LogP contribution in [0.3, 0.4) is 0 Å². The highest BCUT2D eigenvalue weighted by Crippen LogP contribution is 2.23. The first kappa shape index (κ1) is 22.1. The molecule has 1 N–H and O–H groups in total. The zero-order chi connectivity index (χ0) is 22.5. The van der Waals surface area contributed by atoms with Crippen LogP contribution in [0.4, 0.5) is 0 Å². The van der Waals surface area contributed by atoms with Crippen LogP contribution >= 0.6 is 11.3 Å². The van der Waals surface area contributed by atoms with Crippen LogP contribution in [-0.4, -0.2) is 22.1 Å². The number of para-hydroxylation sites is 2. The van der Waals surface area contributed by atoms with Crippen LogP contribution in [0.1, 0.15) is 52.4 Å². The number of hydrogen-bond acceptors (Lipinski definition) is 4. The number of thiophene rings is 1. The molecule has 2 aromatic carbocycles. The van der Waals surface area contributed by atoms with Crippen LogP contribution in [-0.2, 0) is 6.54 Å². The Morgan fingerprint density at radius 3 is 2.62 bits per heavy atom. The minimum atomic E-state index is -0.191. The molecule has 0 fully saturated rings. The van der Waals surface area contributed by atoms with E-state index in [-0.39, 0.29) is 11.9 Å². The van der Waals surface area contributed by atoms with Gasteiger partial charge in [-0.2, -0.15) is 0 Å². The summed E-state index contributed by atoms with van der Waals surface area (Å²) in [5.74, 6) is 1.75. The second kappa shape index (κ2) is 10.0. The molecule has 1 unspecified atom stereocenters. The molecule has 0 spiro atoms. The summed E-state index contributed by atoms with van der Waals surface area (Å²) < 4.78 is 8.19. The van der Waals surface area contributed by atoms with Crippen molar-refractivity contribution in [3.8, 4) is 5.75 Å². The molecule has 5 nitrogen and oxygen atoms in total. The van der Waals surface area contributed by atoms with Crippen molar-refractivity contribution in [1.82, 2.24) is 14.9 Å². The number of aromatic nitrogens is 2. The number of nitrogens with one attached hydrogen (secondary N) is 1. The fourth-order valence-corrected chi connectivity index (χ4v) is 4.60. The summed E-state index contributed by atoms with van der Waals surface area (Å²) in [4.78, 5) is 18.1. The largest absolute Gasteiger partial charge is 0.494 e. The van der Waals surface area contributed by atoms with Crippen molar-refractivity contribution < 1.29 is 9.53 Å². The lowest BCUT2D eigenvalue weighted by molar-refractivity contribution is 0.0941. The number of unbranched alkanes of at least 4 members (excludes halogenated alkanes) is 1. The third-order valence-corrected chi connectivity index (χ3v) is 6.27. The van der Waals surface area contributed by atoms with E-state index in [9.17, 15) is 4.79 Å². The van der Waals surface area contributed by atoms with E-state index in [0.29, 0.717) is 11.5 Å². The average Bonchev–Trinajstić information content (AvgIpc) is 3.41. The van der Waals surface area contributed by atoms with Gasteiger partial charge in [-0.05, 0) is 80.5 Å². The molecule has 2 aromatic heterocycles. The first-order chi connectivity index (χ1) is 15.5. The van der Waals surface area contributed by atoms with Crippen molar-refractivity contribution in [3.63, 3.8) is 0 Å². The van der Waals surface area contributed by atoms with E-state index in [2.05, 4.69) is 48.0 Å². The molecule has 4 aromatic rings. The third kappa shape index (κ3) is 5.19. The Kier molecular flexibility index (Phi) is 6.90. The number of aryl methyl sites for hydroxylation is 3. The van der Waals surface area contributed by atoms with Gasteiger partial charge in [0.05, 0.1) is 28.6 Å². The fourth-order valence-electron chi connectivity index (χ4n) is 3.98. The molecule has 0 saturated heterocycles. The zero-order valence-electron chi connectivity index (χ0n) is 18.8. The minimum Gasteiger partial charge on any atom is -0.494 e. The Morgan fingerprint density at radius 2 is 1.88 bits per heavy atom. The molecule has 2 heterocycles. The summed E-state index contributed by atoms with van der Waals surface area (Å²) in [6.07, 6.45) is 1.90. The molecule has 1 amide bonds. The van der Waals surface area contributed by atoms with E-state index in [0.717, 1.165) is 42.0 Å². The highest BCUT2D eigenvalue weighted by molar-refractivity contribution is 7.12. The average molecular weight is 448 g/mol. The molecule has 32 heavy (non-hydrogen) atoms. The van der Waals surface area contributed by atoms with Crippen LogP contribution < -0.4 is 10.1 Å². The van der Waals surface area contributed by atoms with Crippen molar-refractivity contribution in [3.05, 3.63) is 81.8 Å². The molecule has 0 aliphatic carbocycles. The summed E-state index contributed by atoms with van der Waals surface area (Å²) >= 11 is 1.44. The van der Waals surface area contributed by atoms with Gasteiger partial charge < -0.3 is 14.6 Å². The molecule has 0 aliphatic heterocycles. The highest BCUT2D eigenvalue weighted by Gasteiger charge is 2.19. The number of rotatable bonds is 9. The number of ether oxygens (including phenoxy) is 1. The summed E-state index contributed by atoms with van der Waals surface area (Å²) in [6, 6.07) is 18.0. The van der Waals surface area contributed by atoms with E-state index in [1.807, 2.05) is 42.6 Å². The molecular weight excluding hydrogens is 418 g/mol. The molecule has 1 atom stereocenters. The third-order valence-electron chi connectivity index (χ3n) is 5.40. The maximum atomic E-state index is 12.5. The number of imidazole rings is 1. The van der Waals surface area contributed by atoms with Crippen molar-refractivity contribution in [1.29, 1.82) is 0 Å². The Morgan fingerprint density at radius 1 is 1.09 bits per heavy atom. The quantitative estimate of drug-likeness (QED) is 0.317. The monoisotopic (exact) mass is 447 g/mol. The van der Waals surface area contributed by atoms with Gasteiger partial charge in [-0.3, -0.25) is 4.79 Å². The van der Waals surface area contributed by atoms with Crippen LogP contribution in [0.15, 0.2) is 60.0 Å². The lowest BCUT2D eigenvalue weighted by atomic mass is 10.1. The van der Waals surface area contributed by atoms with Gasteiger partial charge in [0.25, 0.3) is 5.91 Å². The van der Waals surface area contributed by atoms with E-state index < -0.39 is 0 Å². The molecule has 0 aliphatic rings. The fraction of sp³-hybridized carbons (Fsp3) is 0.308. The van der Waals surface area contributed by atoms with Gasteiger partial charge in [0.15, 0.2) is 0 Å². The Balaban J connectivity index is 1.41. The summed E-state index contributed by atoms with van der Waals surface area (Å²) in [7, 11) is 0. The Labute approximate surface area is 193 Å². The highest BCUT2D eigenvalue weighted by atomic mass is 32.1. The molecule has 4 rings (SSSR count). The molecule has 0 radical (unpaired) electrons. The molecule has 0 bridgehead atoms. The first-order valence-corrected chi connectivity index (χ1v) is 11.9. The number of nitrogens with zero attached hydrogens (tertiary/aromatic N) is 2. The molecule has 6 heteroatoms. The van der Waals surface area contributed by atoms with Crippen LogP contribution in [0.2, 0.25) is 0 Å². The van der Waals surface area contributed by atoms with E-state index >= 15 is 0 Å². The van der Waals surface area contributed by atoms with Gasteiger partial charge in [-0.1, -0.05) is 24.3 Å². The lowest BCUT2D eigenvalue weighted by Crippen LogP contribution is -2.28. The van der Waals surface area contributed by atoms with Gasteiger partial charge in [-0.15, -0.1) is 11.3 Å². The molecule has 0 saturated carbocycles. The summed E-state index contributed by atoms with van der Waals surface area (Å²) in [6.45, 7) is 7.67. The number of benzene rings is 2. The number of carbonyl (C=O) groups excluding carboxylic acids is 1. The van der Waals surface area contributed by atoms with Gasteiger partial charge in [0.2, 0.25) is 0 Å². The minimum absolute atomic E-state index is 0.0621. The van der Waals surface area contributed by atoms with Crippen LogP contribution in [0, 0.1) is 13.8 Å². The summed E-state index contributed by atoms with van der Waals surface area (Å²) in [5, 5.41) is 5.01. The zero-order valence-corrected chi connectivity index (χ0v) is 19.6. The van der Waals surface area contributed by atoms with Crippen molar-refractivity contribution in [2.24, 2.45) is 0 Å². The second-order valence-electron chi connectivity index (χ2n) is 8.16. The number of amides is 1. The van der Waals surface area contributed by atoms with E-state index in [4.69, 9.17) is 9.72 Å². The van der Waals surface area contributed by atoms with E-state index in [1.165, 1.54) is 22.5 Å². The van der Waals surface area contributed by atoms with Crippen molar-refractivity contribution >= 4 is 28.3 Å². The lowest BCUT2D eigenvalue weighted by Gasteiger charge is -2.16. The van der Waals surface area contributed by atoms with Crippen LogP contribution in [0.25, 0.3) is 11.0 Å². The Bertz CT molecular complexity index is 1180. The van der Waals surface area contributed by atoms with Crippen LogP contribution in [0.5, 0.6) is 5.75 Å². The maximum absolute atomic E-state index is 12.5. The number of fused-ring (bicyclic) bond motifs is 1.